The maximum Gasteiger partial charge on any atom is 0.323 e. The molecule has 19 heavy (non-hydrogen) atoms. The van der Waals surface area contributed by atoms with E-state index in [1.54, 1.807) is 0 Å². The highest BCUT2D eigenvalue weighted by molar-refractivity contribution is 7.99. The first-order valence-corrected chi connectivity index (χ1v) is 8.43. The minimum Gasteiger partial charge on any atom is -0.480 e. The molecule has 0 aromatic heterocycles. The molecular weight excluding hydrogens is 262 g/mol. The average Bonchev–Trinajstić information content (AvgIpc) is 2.90. The molecular formula is C14H25NO3S. The van der Waals surface area contributed by atoms with Crippen LogP contribution in [0.3, 0.4) is 0 Å². The fourth-order valence-electron chi connectivity index (χ4n) is 3.15. The van der Waals surface area contributed by atoms with Crippen LogP contribution < -0.4 is 5.32 Å². The normalized spacial score (nSPS) is 35.4. The molecule has 1 aliphatic carbocycles. The number of ether oxygens (including phenoxy) is 1. The summed E-state index contributed by atoms with van der Waals surface area (Å²) in [6, 6.07) is 0. The summed E-state index contributed by atoms with van der Waals surface area (Å²) in [4.78, 5) is 11.6. The largest absolute Gasteiger partial charge is 0.480 e. The van der Waals surface area contributed by atoms with Gasteiger partial charge in [0.25, 0.3) is 0 Å². The maximum absolute atomic E-state index is 11.6. The second-order valence-electron chi connectivity index (χ2n) is 5.60. The van der Waals surface area contributed by atoms with Crippen molar-refractivity contribution in [2.75, 3.05) is 18.9 Å². The molecule has 0 amide bonds. The van der Waals surface area contributed by atoms with E-state index in [0.29, 0.717) is 11.4 Å². The van der Waals surface area contributed by atoms with E-state index in [-0.39, 0.29) is 0 Å². The predicted octanol–water partition coefficient (Wildman–Crippen LogP) is 2.27. The van der Waals surface area contributed by atoms with Gasteiger partial charge < -0.3 is 15.2 Å². The molecule has 1 aliphatic heterocycles. The average molecular weight is 287 g/mol. The molecule has 0 aromatic rings. The van der Waals surface area contributed by atoms with Crippen molar-refractivity contribution in [2.24, 2.45) is 0 Å². The van der Waals surface area contributed by atoms with Gasteiger partial charge in [-0.2, -0.15) is 11.8 Å². The Balaban J connectivity index is 1.85. The van der Waals surface area contributed by atoms with Gasteiger partial charge in [-0.15, -0.1) is 0 Å². The number of hydrogen-bond acceptors (Lipinski definition) is 4. The molecule has 1 heterocycles. The number of rotatable bonds is 6. The Morgan fingerprint density at radius 1 is 1.47 bits per heavy atom. The van der Waals surface area contributed by atoms with Gasteiger partial charge in [-0.1, -0.05) is 6.92 Å². The van der Waals surface area contributed by atoms with Gasteiger partial charge in [0.15, 0.2) is 0 Å². The summed E-state index contributed by atoms with van der Waals surface area (Å²) in [6.07, 6.45) is 6.37. The van der Waals surface area contributed by atoms with Gasteiger partial charge >= 0.3 is 5.97 Å². The number of likely N-dealkylation sites (N-methyl/N-ethyl adjacent to an activating group) is 1. The van der Waals surface area contributed by atoms with Gasteiger partial charge in [0.05, 0.1) is 6.10 Å². The highest BCUT2D eigenvalue weighted by atomic mass is 32.2. The van der Waals surface area contributed by atoms with Crippen molar-refractivity contribution in [3.05, 3.63) is 0 Å². The monoisotopic (exact) mass is 287 g/mol. The van der Waals surface area contributed by atoms with Crippen molar-refractivity contribution in [1.29, 1.82) is 0 Å². The van der Waals surface area contributed by atoms with Crippen LogP contribution in [0.4, 0.5) is 0 Å². The van der Waals surface area contributed by atoms with E-state index in [4.69, 9.17) is 4.74 Å². The van der Waals surface area contributed by atoms with Crippen LogP contribution in [-0.2, 0) is 9.53 Å². The van der Waals surface area contributed by atoms with Gasteiger partial charge in [-0.3, -0.25) is 4.79 Å². The first-order chi connectivity index (χ1) is 9.16. The number of carboxylic acid groups (broad SMARTS) is 1. The third kappa shape index (κ3) is 3.86. The van der Waals surface area contributed by atoms with E-state index in [2.05, 4.69) is 5.32 Å². The van der Waals surface area contributed by atoms with E-state index in [9.17, 15) is 9.90 Å². The van der Waals surface area contributed by atoms with Crippen molar-refractivity contribution in [1.82, 2.24) is 5.32 Å². The summed E-state index contributed by atoms with van der Waals surface area (Å²) in [7, 11) is 0. The van der Waals surface area contributed by atoms with Crippen LogP contribution in [0.15, 0.2) is 0 Å². The highest BCUT2D eigenvalue weighted by Crippen LogP contribution is 2.36. The maximum atomic E-state index is 11.6. The molecule has 4 nitrogen and oxygen atoms in total. The molecule has 2 aliphatic rings. The number of nitrogens with one attached hydrogen (secondary N) is 1. The number of aliphatic carboxylic acids is 1. The van der Waals surface area contributed by atoms with E-state index in [1.165, 1.54) is 6.42 Å². The van der Waals surface area contributed by atoms with E-state index < -0.39 is 11.5 Å². The van der Waals surface area contributed by atoms with Gasteiger partial charge in [0.1, 0.15) is 5.54 Å². The van der Waals surface area contributed by atoms with Crippen LogP contribution in [0.2, 0.25) is 0 Å². The van der Waals surface area contributed by atoms with E-state index in [1.807, 2.05) is 18.7 Å². The zero-order chi connectivity index (χ0) is 13.7. The lowest BCUT2D eigenvalue weighted by Crippen LogP contribution is -2.55. The molecule has 110 valence electrons. The lowest BCUT2D eigenvalue weighted by molar-refractivity contribution is -0.146. The fraction of sp³-hybridized carbons (Fsp3) is 0.929. The van der Waals surface area contributed by atoms with Gasteiger partial charge in [-0.05, 0) is 45.1 Å². The van der Waals surface area contributed by atoms with Crippen LogP contribution in [0.5, 0.6) is 0 Å². The Morgan fingerprint density at radius 3 is 2.95 bits per heavy atom. The Bertz CT molecular complexity index is 303. The molecule has 0 bridgehead atoms. The van der Waals surface area contributed by atoms with E-state index in [0.717, 1.165) is 51.0 Å². The number of thioether (sulfide) groups is 1. The quantitative estimate of drug-likeness (QED) is 0.785. The Kier molecular flexibility index (Phi) is 5.54. The summed E-state index contributed by atoms with van der Waals surface area (Å²) in [5.74, 6) is 0.337. The molecule has 0 spiro atoms. The number of hydrogen-bond donors (Lipinski definition) is 2. The SMILES string of the molecule is CCNC1(C(=O)O)CCCC(SCC2CCCO2)C1. The minimum atomic E-state index is -0.693. The van der Waals surface area contributed by atoms with Gasteiger partial charge in [0.2, 0.25) is 0 Å². The summed E-state index contributed by atoms with van der Waals surface area (Å²) >= 11 is 1.91. The van der Waals surface area contributed by atoms with Gasteiger partial charge in [0, 0.05) is 17.6 Å². The number of carboxylic acids is 1. The molecule has 3 atom stereocenters. The Labute approximate surface area is 119 Å². The summed E-state index contributed by atoms with van der Waals surface area (Å²) in [5.41, 5.74) is -0.693. The van der Waals surface area contributed by atoms with E-state index >= 15 is 0 Å². The summed E-state index contributed by atoms with van der Waals surface area (Å²) < 4.78 is 5.64. The first-order valence-electron chi connectivity index (χ1n) is 7.38. The Morgan fingerprint density at radius 2 is 2.32 bits per heavy atom. The molecule has 2 N–H and O–H groups in total. The molecule has 0 radical (unpaired) electrons. The second kappa shape index (κ2) is 6.95. The van der Waals surface area contributed by atoms with Crippen molar-refractivity contribution >= 4 is 17.7 Å². The highest BCUT2D eigenvalue weighted by Gasteiger charge is 2.42. The lowest BCUT2D eigenvalue weighted by Gasteiger charge is -2.38. The van der Waals surface area contributed by atoms with Crippen LogP contribution in [0.1, 0.15) is 45.4 Å². The molecule has 3 unspecified atom stereocenters. The summed E-state index contributed by atoms with van der Waals surface area (Å²) in [5, 5.41) is 13.2. The first kappa shape index (κ1) is 15.1. The van der Waals surface area contributed by atoms with Crippen molar-refractivity contribution in [3.8, 4) is 0 Å². The second-order valence-corrected chi connectivity index (χ2v) is 6.94. The third-order valence-electron chi connectivity index (χ3n) is 4.17. The van der Waals surface area contributed by atoms with Crippen molar-refractivity contribution in [3.63, 3.8) is 0 Å². The minimum absolute atomic E-state index is 0.394. The van der Waals surface area contributed by atoms with Crippen LogP contribution in [0.25, 0.3) is 0 Å². The predicted molar refractivity (Wildman–Crippen MR) is 77.7 cm³/mol. The molecule has 1 saturated heterocycles. The third-order valence-corrected chi connectivity index (χ3v) is 5.61. The van der Waals surface area contributed by atoms with Crippen molar-refractivity contribution in [2.45, 2.75) is 62.3 Å². The zero-order valence-electron chi connectivity index (χ0n) is 11.7. The number of carbonyl (C=O) groups is 1. The lowest BCUT2D eigenvalue weighted by atomic mass is 9.81. The smallest absolute Gasteiger partial charge is 0.323 e. The summed E-state index contributed by atoms with van der Waals surface area (Å²) in [6.45, 7) is 3.59. The van der Waals surface area contributed by atoms with Crippen LogP contribution in [-0.4, -0.2) is 46.9 Å². The fourth-order valence-corrected chi connectivity index (χ4v) is 4.64. The van der Waals surface area contributed by atoms with Crippen LogP contribution in [0, 0.1) is 0 Å². The molecule has 2 fully saturated rings. The van der Waals surface area contributed by atoms with Crippen LogP contribution >= 0.6 is 11.8 Å². The molecule has 2 rings (SSSR count). The molecule has 0 aromatic carbocycles. The zero-order valence-corrected chi connectivity index (χ0v) is 12.5. The molecule has 1 saturated carbocycles. The van der Waals surface area contributed by atoms with Gasteiger partial charge in [-0.25, -0.2) is 0 Å². The standard InChI is InChI=1S/C14H25NO3S/c1-2-15-14(13(16)17)7-3-6-12(9-14)19-10-11-5-4-8-18-11/h11-12,15H,2-10H2,1H3,(H,16,17). The molecule has 5 heteroatoms. The topological polar surface area (TPSA) is 58.6 Å². The Hall–Kier alpha value is -0.260. The van der Waals surface area contributed by atoms with Crippen molar-refractivity contribution < 1.29 is 14.6 Å².